The van der Waals surface area contributed by atoms with Gasteiger partial charge >= 0.3 is 0 Å². The van der Waals surface area contributed by atoms with Gasteiger partial charge in [-0.3, -0.25) is 4.79 Å². The van der Waals surface area contributed by atoms with Crippen molar-refractivity contribution in [2.24, 2.45) is 0 Å². The first-order valence-electron chi connectivity index (χ1n) is 8.56. The first-order valence-corrected chi connectivity index (χ1v) is 9.72. The molecule has 2 N–H and O–H groups in total. The second-order valence-electron chi connectivity index (χ2n) is 6.22. The van der Waals surface area contributed by atoms with Gasteiger partial charge in [-0.05, 0) is 17.7 Å². The van der Waals surface area contributed by atoms with E-state index in [9.17, 15) is 9.90 Å². The molecule has 1 aliphatic heterocycles. The topological polar surface area (TPSA) is 65.7 Å². The third-order valence-electron chi connectivity index (χ3n) is 4.25. The molecule has 2 unspecified atom stereocenters. The lowest BCUT2D eigenvalue weighted by Gasteiger charge is -2.28. The summed E-state index contributed by atoms with van der Waals surface area (Å²) in [5.41, 5.74) is 1.05. The summed E-state index contributed by atoms with van der Waals surface area (Å²) in [5.74, 6) is 2.58. The quantitative estimate of drug-likeness (QED) is 0.753. The van der Waals surface area contributed by atoms with Gasteiger partial charge in [0.15, 0.2) is 0 Å². The van der Waals surface area contributed by atoms with Crippen molar-refractivity contribution in [3.05, 3.63) is 60.1 Å². The summed E-state index contributed by atoms with van der Waals surface area (Å²) in [6.45, 7) is 1.65. The summed E-state index contributed by atoms with van der Waals surface area (Å²) < 4.78 is 5.27. The number of carbonyl (C=O) groups excluding carboxylic acids is 1. The van der Waals surface area contributed by atoms with Gasteiger partial charge in [0.1, 0.15) is 11.9 Å². The molecule has 0 radical (unpaired) electrons. The van der Waals surface area contributed by atoms with Gasteiger partial charge in [-0.15, -0.1) is 12.4 Å². The Kier molecular flexibility index (Phi) is 8.51. The van der Waals surface area contributed by atoms with Crippen molar-refractivity contribution in [3.63, 3.8) is 0 Å². The molecule has 0 saturated carbocycles. The number of hydrogen-bond acceptors (Lipinski definition) is 5. The highest BCUT2D eigenvalue weighted by molar-refractivity contribution is 7.99. The summed E-state index contributed by atoms with van der Waals surface area (Å²) >= 11 is 1.88. The molecule has 7 heteroatoms. The molecule has 0 bridgehead atoms. The number of hydrogen-bond donors (Lipinski definition) is 2. The smallest absolute Gasteiger partial charge is 0.224 e. The maximum atomic E-state index is 12.9. The highest BCUT2D eigenvalue weighted by Crippen LogP contribution is 2.18. The fourth-order valence-electron chi connectivity index (χ4n) is 2.93. The van der Waals surface area contributed by atoms with Gasteiger partial charge in [-0.1, -0.05) is 30.3 Å². The van der Waals surface area contributed by atoms with E-state index >= 15 is 0 Å². The van der Waals surface area contributed by atoms with Crippen molar-refractivity contribution >= 4 is 30.1 Å². The Bertz CT molecular complexity index is 648. The maximum Gasteiger partial charge on any atom is 0.224 e. The lowest BCUT2D eigenvalue weighted by molar-refractivity contribution is -0.134. The zero-order valence-corrected chi connectivity index (χ0v) is 16.2. The second kappa shape index (κ2) is 10.6. The Hall–Kier alpha value is -1.47. The Morgan fingerprint density at radius 2 is 2.12 bits per heavy atom. The van der Waals surface area contributed by atoms with Crippen LogP contribution < -0.4 is 5.32 Å². The highest BCUT2D eigenvalue weighted by atomic mass is 35.5. The average Bonchev–Trinajstić information content (AvgIpc) is 3.18. The van der Waals surface area contributed by atoms with Crippen LogP contribution >= 0.6 is 24.2 Å². The lowest BCUT2D eigenvalue weighted by atomic mass is 10.1. The van der Waals surface area contributed by atoms with Gasteiger partial charge in [0.2, 0.25) is 5.91 Å². The number of rotatable bonds is 7. The van der Waals surface area contributed by atoms with Crippen molar-refractivity contribution in [2.75, 3.05) is 24.6 Å². The summed E-state index contributed by atoms with van der Waals surface area (Å²) in [5, 5.41) is 13.8. The van der Waals surface area contributed by atoms with Crippen LogP contribution in [0.25, 0.3) is 0 Å². The van der Waals surface area contributed by atoms with Crippen LogP contribution in [-0.4, -0.2) is 46.6 Å². The number of aliphatic hydroxyl groups is 1. The molecule has 1 saturated heterocycles. The van der Waals surface area contributed by atoms with E-state index in [-0.39, 0.29) is 30.9 Å². The van der Waals surface area contributed by atoms with Gasteiger partial charge in [-0.25, -0.2) is 0 Å². The van der Waals surface area contributed by atoms with Crippen LogP contribution in [0, 0.1) is 0 Å². The van der Waals surface area contributed by atoms with Crippen molar-refractivity contribution < 1.29 is 14.3 Å². The molecule has 26 heavy (non-hydrogen) atoms. The summed E-state index contributed by atoms with van der Waals surface area (Å²) in [6.07, 6.45) is 1.16. The molecular formula is C19H25ClN2O3S. The number of carbonyl (C=O) groups is 1. The molecular weight excluding hydrogens is 372 g/mol. The Morgan fingerprint density at radius 3 is 2.77 bits per heavy atom. The molecule has 2 aromatic rings. The van der Waals surface area contributed by atoms with Crippen LogP contribution in [0.1, 0.15) is 23.8 Å². The van der Waals surface area contributed by atoms with E-state index in [2.05, 4.69) is 5.32 Å². The highest BCUT2D eigenvalue weighted by Gasteiger charge is 2.24. The van der Waals surface area contributed by atoms with E-state index in [4.69, 9.17) is 4.42 Å². The van der Waals surface area contributed by atoms with Crippen LogP contribution in [0.15, 0.2) is 53.1 Å². The predicted octanol–water partition coefficient (Wildman–Crippen LogP) is 2.86. The Labute approximate surface area is 164 Å². The predicted molar refractivity (Wildman–Crippen MR) is 107 cm³/mol. The van der Waals surface area contributed by atoms with Crippen LogP contribution in [0.3, 0.4) is 0 Å². The third kappa shape index (κ3) is 6.06. The van der Waals surface area contributed by atoms with Gasteiger partial charge in [0.25, 0.3) is 0 Å². The van der Waals surface area contributed by atoms with Crippen molar-refractivity contribution in [3.8, 4) is 0 Å². The zero-order chi connectivity index (χ0) is 17.5. The molecule has 1 aromatic heterocycles. The van der Waals surface area contributed by atoms with E-state index in [0.29, 0.717) is 18.7 Å². The van der Waals surface area contributed by atoms with Gasteiger partial charge in [0.05, 0.1) is 12.8 Å². The molecule has 1 fully saturated rings. The van der Waals surface area contributed by atoms with Crippen LogP contribution in [0.4, 0.5) is 0 Å². The number of thioether (sulfide) groups is 1. The number of aliphatic hydroxyl groups excluding tert-OH is 1. The summed E-state index contributed by atoms with van der Waals surface area (Å²) in [7, 11) is 0. The first kappa shape index (κ1) is 20.8. The number of benzene rings is 1. The normalized spacial score (nSPS) is 18.0. The largest absolute Gasteiger partial charge is 0.467 e. The van der Waals surface area contributed by atoms with Crippen LogP contribution in [0.5, 0.6) is 0 Å². The monoisotopic (exact) mass is 396 g/mol. The third-order valence-corrected chi connectivity index (χ3v) is 5.38. The maximum absolute atomic E-state index is 12.9. The number of nitrogens with one attached hydrogen (secondary N) is 1. The summed E-state index contributed by atoms with van der Waals surface area (Å²) in [6, 6.07) is 13.5. The number of halogens is 1. The molecule has 1 aromatic carbocycles. The Balaban J connectivity index is 0.00000243. The molecule has 1 amide bonds. The molecule has 5 nitrogen and oxygen atoms in total. The number of nitrogens with zero attached hydrogens (tertiary/aromatic N) is 1. The minimum atomic E-state index is -0.823. The van der Waals surface area contributed by atoms with E-state index in [1.54, 1.807) is 17.0 Å². The van der Waals surface area contributed by atoms with E-state index in [1.807, 2.05) is 42.1 Å². The Morgan fingerprint density at radius 1 is 1.31 bits per heavy atom. The van der Waals surface area contributed by atoms with E-state index in [0.717, 1.165) is 23.6 Å². The van der Waals surface area contributed by atoms with Gasteiger partial charge < -0.3 is 19.7 Å². The fraction of sp³-hybridized carbons (Fsp3) is 0.421. The lowest BCUT2D eigenvalue weighted by Crippen LogP contribution is -2.43. The average molecular weight is 397 g/mol. The van der Waals surface area contributed by atoms with E-state index in [1.165, 1.54) is 6.26 Å². The number of furan rings is 1. The minimum Gasteiger partial charge on any atom is -0.467 e. The SMILES string of the molecule is Cl.O=C(CC1CSCCN1)N(Cc1ccccc1)CC(O)c1ccco1. The molecule has 0 spiro atoms. The van der Waals surface area contributed by atoms with Crippen LogP contribution in [0.2, 0.25) is 0 Å². The standard InChI is InChI=1S/C19H24N2O3S.ClH/c22-17(18-7-4-9-24-18)13-21(12-15-5-2-1-3-6-15)19(23)11-16-14-25-10-8-20-16;/h1-7,9,16-17,20,22H,8,10-14H2;1H. The molecule has 142 valence electrons. The zero-order valence-electron chi connectivity index (χ0n) is 14.5. The minimum absolute atomic E-state index is 0. The van der Waals surface area contributed by atoms with Crippen LogP contribution in [-0.2, 0) is 11.3 Å². The second-order valence-corrected chi connectivity index (χ2v) is 7.37. The van der Waals surface area contributed by atoms with Crippen molar-refractivity contribution in [1.82, 2.24) is 10.2 Å². The first-order chi connectivity index (χ1) is 12.2. The summed E-state index contributed by atoms with van der Waals surface area (Å²) in [4.78, 5) is 14.6. The molecule has 3 rings (SSSR count). The molecule has 1 aliphatic rings. The molecule has 2 heterocycles. The number of amides is 1. The molecule has 0 aliphatic carbocycles. The van der Waals surface area contributed by atoms with Crippen molar-refractivity contribution in [2.45, 2.75) is 25.1 Å². The fourth-order valence-corrected chi connectivity index (χ4v) is 3.88. The van der Waals surface area contributed by atoms with Gasteiger partial charge in [0, 0.05) is 37.1 Å². The van der Waals surface area contributed by atoms with E-state index < -0.39 is 6.10 Å². The molecule has 2 atom stereocenters. The van der Waals surface area contributed by atoms with Crippen molar-refractivity contribution in [1.29, 1.82) is 0 Å². The van der Waals surface area contributed by atoms with Gasteiger partial charge in [-0.2, -0.15) is 11.8 Å².